The first-order chi connectivity index (χ1) is 9.67. The Morgan fingerprint density at radius 1 is 1.45 bits per heavy atom. The van der Waals surface area contributed by atoms with E-state index in [1.165, 1.54) is 7.05 Å². The first kappa shape index (κ1) is 14.2. The quantitative estimate of drug-likeness (QED) is 0.801. The van der Waals surface area contributed by atoms with Crippen molar-refractivity contribution >= 4 is 17.7 Å². The molecule has 0 radical (unpaired) electrons. The monoisotopic (exact) mass is 278 g/mol. The maximum absolute atomic E-state index is 11.9. The van der Waals surface area contributed by atoms with Gasteiger partial charge in [0.15, 0.2) is 11.5 Å². The fraction of sp³-hybridized carbons (Fsp3) is 0.538. The van der Waals surface area contributed by atoms with Crippen LogP contribution < -0.4 is 10.2 Å². The second kappa shape index (κ2) is 6.31. The standard InChI is InChI=1S/C13H18N4O3/c1-3-20-13(19)10-5-4-8-17(10)11-7-6-9(15-16-11)12(18)14-2/h6-7,10H,3-5,8H2,1-2H3,(H,14,18). The molecule has 1 N–H and O–H groups in total. The zero-order chi connectivity index (χ0) is 14.5. The zero-order valence-corrected chi connectivity index (χ0v) is 11.6. The predicted molar refractivity (Wildman–Crippen MR) is 72.4 cm³/mol. The fourth-order valence-electron chi connectivity index (χ4n) is 2.25. The number of hydrogen-bond donors (Lipinski definition) is 1. The molecule has 7 nitrogen and oxygen atoms in total. The minimum absolute atomic E-state index is 0.234. The molecule has 0 bridgehead atoms. The Hall–Kier alpha value is -2.18. The van der Waals surface area contributed by atoms with E-state index in [9.17, 15) is 9.59 Å². The van der Waals surface area contributed by atoms with Gasteiger partial charge in [-0.05, 0) is 31.9 Å². The van der Waals surface area contributed by atoms with Gasteiger partial charge in [-0.3, -0.25) is 4.79 Å². The highest BCUT2D eigenvalue weighted by molar-refractivity contribution is 5.92. The molecule has 0 saturated carbocycles. The number of carbonyl (C=O) groups excluding carboxylic acids is 2. The Labute approximate surface area is 117 Å². The largest absolute Gasteiger partial charge is 0.464 e. The summed E-state index contributed by atoms with van der Waals surface area (Å²) in [5.74, 6) is 0.0720. The Morgan fingerprint density at radius 2 is 2.25 bits per heavy atom. The average Bonchev–Trinajstić information content (AvgIpc) is 2.96. The van der Waals surface area contributed by atoms with Crippen LogP contribution in [-0.4, -0.2) is 48.3 Å². The maximum atomic E-state index is 11.9. The van der Waals surface area contributed by atoms with Crippen LogP contribution in [-0.2, 0) is 9.53 Å². The predicted octanol–water partition coefficient (Wildman–Crippen LogP) is 0.368. The van der Waals surface area contributed by atoms with E-state index >= 15 is 0 Å². The van der Waals surface area contributed by atoms with Crippen molar-refractivity contribution in [3.05, 3.63) is 17.8 Å². The third kappa shape index (κ3) is 2.87. The zero-order valence-electron chi connectivity index (χ0n) is 11.6. The van der Waals surface area contributed by atoms with Crippen molar-refractivity contribution in [1.82, 2.24) is 15.5 Å². The lowest BCUT2D eigenvalue weighted by atomic mass is 10.2. The van der Waals surface area contributed by atoms with Gasteiger partial charge < -0.3 is 15.0 Å². The molecule has 20 heavy (non-hydrogen) atoms. The molecule has 1 saturated heterocycles. The lowest BCUT2D eigenvalue weighted by molar-refractivity contribution is -0.144. The lowest BCUT2D eigenvalue weighted by Crippen LogP contribution is -2.38. The van der Waals surface area contributed by atoms with Gasteiger partial charge >= 0.3 is 5.97 Å². The van der Waals surface area contributed by atoms with E-state index in [0.29, 0.717) is 12.4 Å². The minimum atomic E-state index is -0.310. The SMILES string of the molecule is CCOC(=O)C1CCCN1c1ccc(C(=O)NC)nn1. The summed E-state index contributed by atoms with van der Waals surface area (Å²) in [6.07, 6.45) is 1.65. The minimum Gasteiger partial charge on any atom is -0.464 e. The van der Waals surface area contributed by atoms with Crippen molar-refractivity contribution in [2.45, 2.75) is 25.8 Å². The van der Waals surface area contributed by atoms with Gasteiger partial charge in [0.2, 0.25) is 0 Å². The van der Waals surface area contributed by atoms with Gasteiger partial charge in [0.05, 0.1) is 6.61 Å². The molecule has 108 valence electrons. The number of nitrogens with zero attached hydrogens (tertiary/aromatic N) is 3. The van der Waals surface area contributed by atoms with Gasteiger partial charge in [-0.1, -0.05) is 0 Å². The Morgan fingerprint density at radius 3 is 2.85 bits per heavy atom. The van der Waals surface area contributed by atoms with Crippen LogP contribution in [0.5, 0.6) is 0 Å². The van der Waals surface area contributed by atoms with Crippen LogP contribution in [0.3, 0.4) is 0 Å². The number of carbonyl (C=O) groups is 2. The van der Waals surface area contributed by atoms with Crippen LogP contribution >= 0.6 is 0 Å². The molecule has 1 aliphatic heterocycles. The van der Waals surface area contributed by atoms with Gasteiger partial charge in [-0.15, -0.1) is 10.2 Å². The highest BCUT2D eigenvalue weighted by Crippen LogP contribution is 2.24. The van der Waals surface area contributed by atoms with E-state index in [4.69, 9.17) is 4.74 Å². The third-order valence-corrected chi connectivity index (χ3v) is 3.22. The van der Waals surface area contributed by atoms with Crippen LogP contribution in [0.15, 0.2) is 12.1 Å². The van der Waals surface area contributed by atoms with Gasteiger partial charge in [-0.2, -0.15) is 0 Å². The van der Waals surface area contributed by atoms with Crippen molar-refractivity contribution in [3.63, 3.8) is 0 Å². The highest BCUT2D eigenvalue weighted by Gasteiger charge is 2.32. The van der Waals surface area contributed by atoms with E-state index in [1.54, 1.807) is 19.1 Å². The van der Waals surface area contributed by atoms with E-state index in [-0.39, 0.29) is 23.6 Å². The smallest absolute Gasteiger partial charge is 0.328 e. The molecule has 1 aliphatic rings. The molecule has 1 atom stereocenters. The molecule has 1 amide bonds. The van der Waals surface area contributed by atoms with Crippen molar-refractivity contribution < 1.29 is 14.3 Å². The number of ether oxygens (including phenoxy) is 1. The Bertz CT molecular complexity index is 489. The second-order valence-electron chi connectivity index (χ2n) is 4.46. The van der Waals surface area contributed by atoms with E-state index in [0.717, 1.165) is 19.4 Å². The van der Waals surface area contributed by atoms with E-state index in [2.05, 4.69) is 15.5 Å². The number of aromatic nitrogens is 2. The summed E-state index contributed by atoms with van der Waals surface area (Å²) in [4.78, 5) is 25.2. The number of esters is 1. The first-order valence-electron chi connectivity index (χ1n) is 6.66. The number of amides is 1. The third-order valence-electron chi connectivity index (χ3n) is 3.22. The summed E-state index contributed by atoms with van der Waals surface area (Å²) in [7, 11) is 1.54. The number of rotatable bonds is 4. The topological polar surface area (TPSA) is 84.4 Å². The summed E-state index contributed by atoms with van der Waals surface area (Å²) in [5.41, 5.74) is 0.253. The molecule has 2 rings (SSSR count). The fourth-order valence-corrected chi connectivity index (χ4v) is 2.25. The summed E-state index contributed by atoms with van der Waals surface area (Å²) >= 11 is 0. The summed E-state index contributed by atoms with van der Waals surface area (Å²) < 4.78 is 5.06. The maximum Gasteiger partial charge on any atom is 0.328 e. The lowest BCUT2D eigenvalue weighted by Gasteiger charge is -2.23. The molecule has 0 aliphatic carbocycles. The molecular formula is C13H18N4O3. The summed E-state index contributed by atoms with van der Waals surface area (Å²) in [5, 5.41) is 10.4. The van der Waals surface area contributed by atoms with Gasteiger partial charge in [0, 0.05) is 13.6 Å². The number of nitrogens with one attached hydrogen (secondary N) is 1. The molecule has 1 fully saturated rings. The molecule has 7 heteroatoms. The van der Waals surface area contributed by atoms with Gasteiger partial charge in [0.1, 0.15) is 6.04 Å². The molecule has 1 unspecified atom stereocenters. The Kier molecular flexibility index (Phi) is 4.49. The normalized spacial score (nSPS) is 17.9. The van der Waals surface area contributed by atoms with Crippen molar-refractivity contribution in [2.75, 3.05) is 25.1 Å². The van der Waals surface area contributed by atoms with Crippen LogP contribution in [0.1, 0.15) is 30.3 Å². The molecule has 2 heterocycles. The van der Waals surface area contributed by atoms with E-state index < -0.39 is 0 Å². The van der Waals surface area contributed by atoms with Crippen molar-refractivity contribution in [3.8, 4) is 0 Å². The average molecular weight is 278 g/mol. The second-order valence-corrected chi connectivity index (χ2v) is 4.46. The van der Waals surface area contributed by atoms with Gasteiger partial charge in [0.25, 0.3) is 5.91 Å². The Balaban J connectivity index is 2.14. The van der Waals surface area contributed by atoms with Crippen LogP contribution in [0.4, 0.5) is 5.82 Å². The van der Waals surface area contributed by atoms with E-state index in [1.807, 2.05) is 4.90 Å². The van der Waals surface area contributed by atoms with Crippen molar-refractivity contribution in [1.29, 1.82) is 0 Å². The first-order valence-corrected chi connectivity index (χ1v) is 6.66. The molecule has 1 aromatic rings. The molecule has 1 aromatic heterocycles. The van der Waals surface area contributed by atoms with Gasteiger partial charge in [-0.25, -0.2) is 4.79 Å². The van der Waals surface area contributed by atoms with Crippen molar-refractivity contribution in [2.24, 2.45) is 0 Å². The summed E-state index contributed by atoms with van der Waals surface area (Å²) in [6.45, 7) is 2.89. The number of hydrogen-bond acceptors (Lipinski definition) is 6. The molecular weight excluding hydrogens is 260 g/mol. The number of anilines is 1. The molecule has 0 spiro atoms. The van der Waals surface area contributed by atoms with Crippen LogP contribution in [0.25, 0.3) is 0 Å². The summed E-state index contributed by atoms with van der Waals surface area (Å²) in [6, 6.07) is 2.99. The van der Waals surface area contributed by atoms with Crippen LogP contribution in [0, 0.1) is 0 Å². The van der Waals surface area contributed by atoms with Crippen LogP contribution in [0.2, 0.25) is 0 Å². The molecule has 0 aromatic carbocycles. The highest BCUT2D eigenvalue weighted by atomic mass is 16.5.